The van der Waals surface area contributed by atoms with Crippen molar-refractivity contribution in [2.24, 2.45) is 11.7 Å². The lowest BCUT2D eigenvalue weighted by atomic mass is 9.89. The average molecular weight is 342 g/mol. The molecule has 2 aliphatic rings. The molecule has 4 heteroatoms. The molecule has 3 nitrogen and oxygen atoms in total. The van der Waals surface area contributed by atoms with Crippen molar-refractivity contribution >= 4 is 11.3 Å². The van der Waals surface area contributed by atoms with Gasteiger partial charge in [-0.3, -0.25) is 4.90 Å². The van der Waals surface area contributed by atoms with Crippen LogP contribution in [0.1, 0.15) is 53.8 Å². The van der Waals surface area contributed by atoms with Gasteiger partial charge < -0.3 is 5.73 Å². The lowest BCUT2D eigenvalue weighted by Crippen LogP contribution is -2.23. The largest absolute Gasteiger partial charge is 0.330 e. The summed E-state index contributed by atoms with van der Waals surface area (Å²) in [6, 6.07) is 10.9. The van der Waals surface area contributed by atoms with Gasteiger partial charge in [-0.2, -0.15) is 0 Å². The van der Waals surface area contributed by atoms with Crippen LogP contribution in [0.4, 0.5) is 0 Å². The molecule has 0 amide bonds. The van der Waals surface area contributed by atoms with E-state index in [4.69, 9.17) is 10.7 Å². The molecule has 1 aliphatic heterocycles. The summed E-state index contributed by atoms with van der Waals surface area (Å²) in [7, 11) is 0. The Bertz CT molecular complexity index is 648. The van der Waals surface area contributed by atoms with E-state index in [1.165, 1.54) is 41.9 Å². The first-order valence-corrected chi connectivity index (χ1v) is 10.1. The molecule has 24 heavy (non-hydrogen) atoms. The zero-order chi connectivity index (χ0) is 16.4. The van der Waals surface area contributed by atoms with E-state index in [1.54, 1.807) is 0 Å². The fourth-order valence-corrected chi connectivity index (χ4v) is 5.37. The maximum atomic E-state index is 6.06. The Kier molecular flexibility index (Phi) is 4.97. The number of nitrogens with zero attached hydrogens (tertiary/aromatic N) is 2. The van der Waals surface area contributed by atoms with Crippen LogP contribution in [0.2, 0.25) is 0 Å². The van der Waals surface area contributed by atoms with Gasteiger partial charge in [-0.15, -0.1) is 11.3 Å². The van der Waals surface area contributed by atoms with Gasteiger partial charge in [-0.05, 0) is 30.9 Å². The Morgan fingerprint density at radius 3 is 2.67 bits per heavy atom. The molecule has 0 unspecified atom stereocenters. The summed E-state index contributed by atoms with van der Waals surface area (Å²) in [5.74, 6) is 1.85. The van der Waals surface area contributed by atoms with Crippen LogP contribution in [0.25, 0.3) is 0 Å². The molecule has 1 aliphatic carbocycles. The second kappa shape index (κ2) is 7.34. The third-order valence-electron chi connectivity index (χ3n) is 5.71. The summed E-state index contributed by atoms with van der Waals surface area (Å²) in [6.45, 7) is 3.93. The second-order valence-electron chi connectivity index (χ2n) is 7.37. The lowest BCUT2D eigenvalue weighted by molar-refractivity contribution is 0.313. The van der Waals surface area contributed by atoms with E-state index in [1.807, 2.05) is 11.3 Å². The highest BCUT2D eigenvalue weighted by molar-refractivity contribution is 7.09. The number of benzene rings is 1. The maximum Gasteiger partial charge on any atom is 0.0959 e. The van der Waals surface area contributed by atoms with Crippen LogP contribution in [0, 0.1) is 5.92 Å². The Balaban J connectivity index is 1.42. The van der Waals surface area contributed by atoms with E-state index >= 15 is 0 Å². The first-order chi connectivity index (χ1) is 11.8. The van der Waals surface area contributed by atoms with Crippen LogP contribution in [0.5, 0.6) is 0 Å². The Morgan fingerprint density at radius 2 is 1.92 bits per heavy atom. The van der Waals surface area contributed by atoms with Gasteiger partial charge in [0.05, 0.1) is 10.7 Å². The molecule has 128 valence electrons. The van der Waals surface area contributed by atoms with Crippen molar-refractivity contribution in [1.29, 1.82) is 0 Å². The minimum Gasteiger partial charge on any atom is -0.330 e. The Hall–Kier alpha value is -1.23. The van der Waals surface area contributed by atoms with Gasteiger partial charge in [-0.25, -0.2) is 4.98 Å². The quantitative estimate of drug-likeness (QED) is 0.894. The van der Waals surface area contributed by atoms with Crippen molar-refractivity contribution in [2.75, 3.05) is 19.6 Å². The molecular weight excluding hydrogens is 314 g/mol. The van der Waals surface area contributed by atoms with Gasteiger partial charge in [0.1, 0.15) is 0 Å². The minimum atomic E-state index is 0.556. The van der Waals surface area contributed by atoms with Crippen molar-refractivity contribution in [1.82, 2.24) is 9.88 Å². The third kappa shape index (κ3) is 3.41. The van der Waals surface area contributed by atoms with E-state index in [0.717, 1.165) is 32.1 Å². The van der Waals surface area contributed by atoms with Gasteiger partial charge in [-0.1, -0.05) is 43.2 Å². The van der Waals surface area contributed by atoms with Gasteiger partial charge in [0.25, 0.3) is 0 Å². The van der Waals surface area contributed by atoms with E-state index in [9.17, 15) is 0 Å². The number of aromatic nitrogens is 1. The molecule has 2 aromatic rings. The van der Waals surface area contributed by atoms with E-state index in [-0.39, 0.29) is 0 Å². The van der Waals surface area contributed by atoms with Gasteiger partial charge in [0.2, 0.25) is 0 Å². The summed E-state index contributed by atoms with van der Waals surface area (Å²) >= 11 is 1.87. The molecule has 2 atom stereocenters. The summed E-state index contributed by atoms with van der Waals surface area (Å²) in [5.41, 5.74) is 8.75. The number of hydrogen-bond acceptors (Lipinski definition) is 4. The molecule has 1 saturated carbocycles. The normalized spacial score (nSPS) is 25.5. The van der Waals surface area contributed by atoms with E-state index in [0.29, 0.717) is 11.8 Å². The zero-order valence-electron chi connectivity index (χ0n) is 14.2. The topological polar surface area (TPSA) is 42.1 Å². The Morgan fingerprint density at radius 1 is 1.12 bits per heavy atom. The summed E-state index contributed by atoms with van der Waals surface area (Å²) in [6.07, 6.45) is 5.43. The monoisotopic (exact) mass is 341 g/mol. The van der Waals surface area contributed by atoms with Crippen molar-refractivity contribution < 1.29 is 0 Å². The second-order valence-corrected chi connectivity index (χ2v) is 8.26. The zero-order valence-corrected chi connectivity index (χ0v) is 15.0. The molecule has 2 fully saturated rings. The Labute approximate surface area is 148 Å². The molecule has 2 heterocycles. The molecule has 4 rings (SSSR count). The highest BCUT2D eigenvalue weighted by atomic mass is 32.1. The fourth-order valence-electron chi connectivity index (χ4n) is 4.39. The van der Waals surface area contributed by atoms with Crippen LogP contribution < -0.4 is 5.73 Å². The highest BCUT2D eigenvalue weighted by Crippen LogP contribution is 2.36. The van der Waals surface area contributed by atoms with Crippen LogP contribution in [-0.4, -0.2) is 29.5 Å². The first-order valence-electron chi connectivity index (χ1n) is 9.25. The summed E-state index contributed by atoms with van der Waals surface area (Å²) in [4.78, 5) is 7.49. The number of likely N-dealkylation sites (tertiary alicyclic amines) is 1. The van der Waals surface area contributed by atoms with Crippen molar-refractivity contribution in [3.63, 3.8) is 0 Å². The van der Waals surface area contributed by atoms with Crippen molar-refractivity contribution in [2.45, 2.75) is 44.1 Å². The van der Waals surface area contributed by atoms with Gasteiger partial charge in [0.15, 0.2) is 0 Å². The molecule has 0 spiro atoms. The number of thiazole rings is 1. The molecule has 1 aromatic heterocycles. The van der Waals surface area contributed by atoms with Crippen molar-refractivity contribution in [3.05, 3.63) is 52.0 Å². The van der Waals surface area contributed by atoms with Gasteiger partial charge >= 0.3 is 0 Å². The molecule has 0 radical (unpaired) electrons. The minimum absolute atomic E-state index is 0.556. The van der Waals surface area contributed by atoms with Crippen LogP contribution in [-0.2, 0) is 6.54 Å². The first kappa shape index (κ1) is 16.2. The smallest absolute Gasteiger partial charge is 0.0959 e. The van der Waals surface area contributed by atoms with Gasteiger partial charge in [0, 0.05) is 36.9 Å². The molecule has 1 saturated heterocycles. The SMILES string of the molecule is NC[C@@H]1CN(Cc2csc(C3CCCC3)n2)C[C@H]1c1ccccc1. The van der Waals surface area contributed by atoms with Crippen molar-refractivity contribution in [3.8, 4) is 0 Å². The predicted molar refractivity (Wildman–Crippen MR) is 100 cm³/mol. The fraction of sp³-hybridized carbons (Fsp3) is 0.550. The molecule has 2 N–H and O–H groups in total. The number of hydrogen-bond donors (Lipinski definition) is 1. The third-order valence-corrected chi connectivity index (χ3v) is 6.76. The highest BCUT2D eigenvalue weighted by Gasteiger charge is 2.33. The average Bonchev–Trinajstić information content (AvgIpc) is 3.36. The molecule has 0 bridgehead atoms. The molecule has 1 aromatic carbocycles. The number of rotatable bonds is 5. The van der Waals surface area contributed by atoms with Crippen LogP contribution in [0.3, 0.4) is 0 Å². The van der Waals surface area contributed by atoms with E-state index < -0.39 is 0 Å². The maximum absolute atomic E-state index is 6.06. The summed E-state index contributed by atoms with van der Waals surface area (Å²) < 4.78 is 0. The standard InChI is InChI=1S/C20H27N3S/c21-10-17-11-23(13-19(17)15-6-2-1-3-7-15)12-18-14-24-20(22-18)16-8-4-5-9-16/h1-3,6-7,14,16-17,19H,4-5,8-13,21H2/t17-,19+/m1/s1. The predicted octanol–water partition coefficient (Wildman–Crippen LogP) is 3.98. The number of nitrogens with two attached hydrogens (primary N) is 1. The summed E-state index contributed by atoms with van der Waals surface area (Å²) in [5, 5.41) is 3.65. The van der Waals surface area contributed by atoms with Crippen LogP contribution in [0.15, 0.2) is 35.7 Å². The molecular formula is C20H27N3S. The lowest BCUT2D eigenvalue weighted by Gasteiger charge is -2.16. The van der Waals surface area contributed by atoms with Crippen LogP contribution >= 0.6 is 11.3 Å². The van der Waals surface area contributed by atoms with E-state index in [2.05, 4.69) is 40.6 Å².